The lowest BCUT2D eigenvalue weighted by atomic mass is 10.1. The van der Waals surface area contributed by atoms with Gasteiger partial charge in [-0.05, 0) is 36.7 Å². The fourth-order valence-electron chi connectivity index (χ4n) is 2.11. The molecule has 1 aliphatic rings. The molecule has 0 amide bonds. The first-order chi connectivity index (χ1) is 7.88. The van der Waals surface area contributed by atoms with Crippen molar-refractivity contribution in [2.75, 3.05) is 11.9 Å². The fraction of sp³-hybridized carbons (Fsp3) is 0.714. The maximum atomic E-state index is 4.56. The summed E-state index contributed by atoms with van der Waals surface area (Å²) in [6.07, 6.45) is 1.31. The number of hydrogen-bond donors (Lipinski definition) is 1. The molecule has 1 aromatic rings. The average Bonchev–Trinajstić information content (AvgIpc) is 2.83. The zero-order valence-electron chi connectivity index (χ0n) is 11.5. The highest BCUT2D eigenvalue weighted by atomic mass is 15.1. The van der Waals surface area contributed by atoms with E-state index in [0.717, 1.165) is 29.8 Å². The molecule has 1 unspecified atom stereocenters. The van der Waals surface area contributed by atoms with E-state index in [1.165, 1.54) is 6.42 Å². The van der Waals surface area contributed by atoms with Crippen LogP contribution < -0.4 is 5.32 Å². The number of aromatic nitrogens is 2. The Hall–Kier alpha value is -1.12. The van der Waals surface area contributed by atoms with Gasteiger partial charge in [0.2, 0.25) is 5.95 Å². The van der Waals surface area contributed by atoms with Crippen molar-refractivity contribution in [2.24, 2.45) is 11.3 Å². The Balaban J connectivity index is 2.01. The van der Waals surface area contributed by atoms with Crippen molar-refractivity contribution in [3.8, 4) is 0 Å². The Morgan fingerprint density at radius 2 is 2.06 bits per heavy atom. The molecule has 1 heterocycles. The second-order valence-corrected chi connectivity index (χ2v) is 6.18. The van der Waals surface area contributed by atoms with Gasteiger partial charge in [0, 0.05) is 17.9 Å². The van der Waals surface area contributed by atoms with Crippen LogP contribution in [0.3, 0.4) is 0 Å². The molecule has 2 rings (SSSR count). The molecule has 1 saturated carbocycles. The Bertz CT molecular complexity index is 410. The van der Waals surface area contributed by atoms with E-state index in [1.807, 2.05) is 6.92 Å². The number of rotatable bonds is 4. The molecule has 1 N–H and O–H groups in total. The molecule has 1 aromatic heterocycles. The van der Waals surface area contributed by atoms with Crippen molar-refractivity contribution in [1.29, 1.82) is 0 Å². The summed E-state index contributed by atoms with van der Waals surface area (Å²) in [4.78, 5) is 9.00. The molecule has 1 fully saturated rings. The first kappa shape index (κ1) is 12.3. The van der Waals surface area contributed by atoms with Crippen LogP contribution in [0.1, 0.15) is 51.4 Å². The molecular weight excluding hydrogens is 210 g/mol. The summed E-state index contributed by atoms with van der Waals surface area (Å²) in [7, 11) is 0. The Morgan fingerprint density at radius 3 is 2.59 bits per heavy atom. The first-order valence-electron chi connectivity index (χ1n) is 6.48. The third kappa shape index (κ3) is 2.96. The molecular formula is C14H23N3. The van der Waals surface area contributed by atoms with Crippen molar-refractivity contribution in [1.82, 2.24) is 9.97 Å². The number of aryl methyl sites for hydroxylation is 1. The van der Waals surface area contributed by atoms with Crippen molar-refractivity contribution in [3.63, 3.8) is 0 Å². The zero-order chi connectivity index (χ0) is 12.6. The molecule has 0 saturated heterocycles. The van der Waals surface area contributed by atoms with Gasteiger partial charge >= 0.3 is 0 Å². The van der Waals surface area contributed by atoms with Gasteiger partial charge in [-0.1, -0.05) is 27.7 Å². The summed E-state index contributed by atoms with van der Waals surface area (Å²) < 4.78 is 0. The zero-order valence-corrected chi connectivity index (χ0v) is 11.5. The lowest BCUT2D eigenvalue weighted by Gasteiger charge is -2.10. The normalized spacial score (nSPS) is 21.6. The summed E-state index contributed by atoms with van der Waals surface area (Å²) in [5, 5.41) is 3.38. The van der Waals surface area contributed by atoms with Gasteiger partial charge in [-0.2, -0.15) is 0 Å². The molecule has 0 spiro atoms. The van der Waals surface area contributed by atoms with Gasteiger partial charge < -0.3 is 5.32 Å². The quantitative estimate of drug-likeness (QED) is 0.866. The average molecular weight is 233 g/mol. The molecule has 0 aromatic carbocycles. The third-order valence-electron chi connectivity index (χ3n) is 3.69. The van der Waals surface area contributed by atoms with E-state index in [9.17, 15) is 0 Å². The molecule has 17 heavy (non-hydrogen) atoms. The number of anilines is 1. The largest absolute Gasteiger partial charge is 0.354 e. The van der Waals surface area contributed by atoms with E-state index in [4.69, 9.17) is 0 Å². The topological polar surface area (TPSA) is 37.8 Å². The van der Waals surface area contributed by atoms with Gasteiger partial charge in [0.15, 0.2) is 0 Å². The van der Waals surface area contributed by atoms with Crippen LogP contribution >= 0.6 is 0 Å². The number of nitrogens with zero attached hydrogens (tertiary/aromatic N) is 2. The highest BCUT2D eigenvalue weighted by molar-refractivity contribution is 5.29. The SMILES string of the molecule is Cc1cc(C(C)C)nc(NCC2CC2(C)C)n1. The second-order valence-electron chi connectivity index (χ2n) is 6.18. The smallest absolute Gasteiger partial charge is 0.223 e. The molecule has 1 aliphatic carbocycles. The van der Waals surface area contributed by atoms with Crippen LogP contribution in [0.15, 0.2) is 6.07 Å². The van der Waals surface area contributed by atoms with E-state index >= 15 is 0 Å². The van der Waals surface area contributed by atoms with Crippen molar-refractivity contribution in [3.05, 3.63) is 17.5 Å². The van der Waals surface area contributed by atoms with Crippen molar-refractivity contribution in [2.45, 2.75) is 47.0 Å². The lowest BCUT2D eigenvalue weighted by Crippen LogP contribution is -2.11. The van der Waals surface area contributed by atoms with E-state index < -0.39 is 0 Å². The van der Waals surface area contributed by atoms with E-state index in [-0.39, 0.29) is 0 Å². The number of hydrogen-bond acceptors (Lipinski definition) is 3. The van der Waals surface area contributed by atoms with Crippen LogP contribution in [-0.4, -0.2) is 16.5 Å². The van der Waals surface area contributed by atoms with Crippen molar-refractivity contribution < 1.29 is 0 Å². The van der Waals surface area contributed by atoms with Crippen LogP contribution in [0, 0.1) is 18.3 Å². The van der Waals surface area contributed by atoms with Crippen LogP contribution in [0.2, 0.25) is 0 Å². The lowest BCUT2D eigenvalue weighted by molar-refractivity contribution is 0.572. The maximum Gasteiger partial charge on any atom is 0.223 e. The van der Waals surface area contributed by atoms with Gasteiger partial charge in [0.1, 0.15) is 0 Å². The van der Waals surface area contributed by atoms with E-state index in [2.05, 4.69) is 49.0 Å². The second kappa shape index (κ2) is 4.28. The van der Waals surface area contributed by atoms with Crippen LogP contribution in [0.5, 0.6) is 0 Å². The standard InChI is InChI=1S/C14H23N3/c1-9(2)12-6-10(3)16-13(17-12)15-8-11-7-14(11,4)5/h6,9,11H,7-8H2,1-5H3,(H,15,16,17). The third-order valence-corrected chi connectivity index (χ3v) is 3.69. The Kier molecular flexibility index (Phi) is 3.11. The highest BCUT2D eigenvalue weighted by Gasteiger charge is 2.45. The van der Waals surface area contributed by atoms with Gasteiger partial charge in [-0.15, -0.1) is 0 Å². The Morgan fingerprint density at radius 1 is 1.41 bits per heavy atom. The summed E-state index contributed by atoms with van der Waals surface area (Å²) in [6.45, 7) is 12.0. The summed E-state index contributed by atoms with van der Waals surface area (Å²) in [5.74, 6) is 2.01. The fourth-order valence-corrected chi connectivity index (χ4v) is 2.11. The van der Waals surface area contributed by atoms with Crippen LogP contribution in [0.4, 0.5) is 5.95 Å². The van der Waals surface area contributed by atoms with Gasteiger partial charge in [0.25, 0.3) is 0 Å². The van der Waals surface area contributed by atoms with Crippen LogP contribution in [-0.2, 0) is 0 Å². The van der Waals surface area contributed by atoms with Crippen molar-refractivity contribution >= 4 is 5.95 Å². The molecule has 0 bridgehead atoms. The molecule has 3 nitrogen and oxygen atoms in total. The van der Waals surface area contributed by atoms with E-state index in [0.29, 0.717) is 11.3 Å². The summed E-state index contributed by atoms with van der Waals surface area (Å²) in [5.41, 5.74) is 2.67. The highest BCUT2D eigenvalue weighted by Crippen LogP contribution is 2.51. The predicted octanol–water partition coefficient (Wildman–Crippen LogP) is 3.37. The minimum atomic E-state index is 0.453. The van der Waals surface area contributed by atoms with Gasteiger partial charge in [0.05, 0.1) is 0 Å². The predicted molar refractivity (Wildman–Crippen MR) is 71.2 cm³/mol. The summed E-state index contributed by atoms with van der Waals surface area (Å²) >= 11 is 0. The molecule has 0 radical (unpaired) electrons. The molecule has 3 heteroatoms. The monoisotopic (exact) mass is 233 g/mol. The van der Waals surface area contributed by atoms with Gasteiger partial charge in [-0.3, -0.25) is 0 Å². The minimum absolute atomic E-state index is 0.453. The molecule has 0 aliphatic heterocycles. The minimum Gasteiger partial charge on any atom is -0.354 e. The summed E-state index contributed by atoms with van der Waals surface area (Å²) in [6, 6.07) is 2.07. The first-order valence-corrected chi connectivity index (χ1v) is 6.48. The maximum absolute atomic E-state index is 4.56. The molecule has 94 valence electrons. The molecule has 1 atom stereocenters. The number of nitrogens with one attached hydrogen (secondary N) is 1. The van der Waals surface area contributed by atoms with Crippen LogP contribution in [0.25, 0.3) is 0 Å². The van der Waals surface area contributed by atoms with E-state index in [1.54, 1.807) is 0 Å². The Labute approximate surface area is 104 Å². The van der Waals surface area contributed by atoms with Gasteiger partial charge in [-0.25, -0.2) is 9.97 Å².